The van der Waals surface area contributed by atoms with Gasteiger partial charge in [-0.15, -0.1) is 0 Å². The molecule has 1 aliphatic rings. The summed E-state index contributed by atoms with van der Waals surface area (Å²) in [5.74, 6) is -1.21. The largest absolute Gasteiger partial charge is 0.497 e. The van der Waals surface area contributed by atoms with Crippen molar-refractivity contribution >= 4 is 33.9 Å². The smallest absolute Gasteiger partial charge is 0.139 e. The molecule has 142 valence electrons. The summed E-state index contributed by atoms with van der Waals surface area (Å²) in [6.07, 6.45) is 1.90. The van der Waals surface area contributed by atoms with E-state index in [0.29, 0.717) is 11.4 Å². The van der Waals surface area contributed by atoms with Crippen LogP contribution in [0, 0.1) is 11.6 Å². The normalized spacial score (nSPS) is 13.8. The molecule has 0 spiro atoms. The molecule has 1 aliphatic heterocycles. The van der Waals surface area contributed by atoms with Crippen molar-refractivity contribution in [3.8, 4) is 5.75 Å². The van der Waals surface area contributed by atoms with Gasteiger partial charge in [0, 0.05) is 34.0 Å². The summed E-state index contributed by atoms with van der Waals surface area (Å²) < 4.78 is 35.3. The molecule has 0 radical (unpaired) electrons. The molecule has 0 unspecified atom stereocenters. The van der Waals surface area contributed by atoms with Crippen LogP contribution < -0.4 is 4.74 Å². The van der Waals surface area contributed by atoms with E-state index < -0.39 is 11.6 Å². The number of rotatable bonds is 3. The van der Waals surface area contributed by atoms with E-state index in [9.17, 15) is 8.78 Å². The minimum absolute atomic E-state index is 0.0940. The standard InChI is InChI=1S/C20H16F2INO.C2H6/c1-12-18(23)11-15(13-7-5-4-6-8-13)20(24(12)2)19-16(21)9-14(25-3)10-17(19)22;1-2/h4-11H,1H2,2-3H3;1-2H3. The van der Waals surface area contributed by atoms with E-state index in [1.807, 2.05) is 50.3 Å². The molecule has 2 aromatic carbocycles. The molecular formula is C22H22F2INO. The molecule has 2 aromatic rings. The van der Waals surface area contributed by atoms with Gasteiger partial charge in [0.1, 0.15) is 17.4 Å². The predicted octanol–water partition coefficient (Wildman–Crippen LogP) is 6.65. The van der Waals surface area contributed by atoms with Crippen LogP contribution in [0.2, 0.25) is 0 Å². The van der Waals surface area contributed by atoms with Gasteiger partial charge in [0.15, 0.2) is 0 Å². The SMILES string of the molecule is C=C1C(I)=CC(c2ccccc2)=C(c2c(F)cc(OC)cc2F)N1C.CC. The zero-order valence-electron chi connectivity index (χ0n) is 15.8. The van der Waals surface area contributed by atoms with Crippen molar-refractivity contribution in [3.63, 3.8) is 0 Å². The van der Waals surface area contributed by atoms with E-state index >= 15 is 0 Å². The number of hydrogen-bond acceptors (Lipinski definition) is 2. The summed E-state index contributed by atoms with van der Waals surface area (Å²) in [5, 5.41) is 0. The van der Waals surface area contributed by atoms with Crippen molar-refractivity contribution in [2.24, 2.45) is 0 Å². The Balaban J connectivity index is 0.00000126. The van der Waals surface area contributed by atoms with Crippen LogP contribution in [-0.4, -0.2) is 19.1 Å². The molecule has 1 heterocycles. The maximum atomic E-state index is 14.7. The topological polar surface area (TPSA) is 12.5 Å². The van der Waals surface area contributed by atoms with Gasteiger partial charge in [0.05, 0.1) is 18.4 Å². The molecule has 0 amide bonds. The quantitative estimate of drug-likeness (QED) is 0.456. The van der Waals surface area contributed by atoms with Crippen LogP contribution in [0.4, 0.5) is 8.78 Å². The third-order valence-electron chi connectivity index (χ3n) is 4.12. The number of hydrogen-bond donors (Lipinski definition) is 0. The fourth-order valence-electron chi connectivity index (χ4n) is 2.79. The van der Waals surface area contributed by atoms with Crippen LogP contribution in [0.15, 0.2) is 64.4 Å². The third-order valence-corrected chi connectivity index (χ3v) is 5.05. The summed E-state index contributed by atoms with van der Waals surface area (Å²) in [6, 6.07) is 11.9. The summed E-state index contributed by atoms with van der Waals surface area (Å²) in [4.78, 5) is 1.72. The first-order valence-electron chi connectivity index (χ1n) is 8.57. The van der Waals surface area contributed by atoms with Gasteiger partial charge in [-0.3, -0.25) is 0 Å². The molecule has 0 atom stereocenters. The van der Waals surface area contributed by atoms with Gasteiger partial charge in [-0.25, -0.2) is 8.78 Å². The second-order valence-corrected chi connectivity index (χ2v) is 6.75. The number of allylic oxidation sites excluding steroid dienone is 3. The molecule has 0 bridgehead atoms. The molecule has 0 saturated carbocycles. The van der Waals surface area contributed by atoms with Crippen molar-refractivity contribution < 1.29 is 13.5 Å². The maximum absolute atomic E-state index is 14.7. The van der Waals surface area contributed by atoms with Gasteiger partial charge in [0.25, 0.3) is 0 Å². The average Bonchev–Trinajstić information content (AvgIpc) is 2.69. The zero-order valence-corrected chi connectivity index (χ0v) is 18.0. The second kappa shape index (κ2) is 9.17. The highest BCUT2D eigenvalue weighted by atomic mass is 127. The van der Waals surface area contributed by atoms with E-state index in [1.54, 1.807) is 11.9 Å². The van der Waals surface area contributed by atoms with Gasteiger partial charge >= 0.3 is 0 Å². The van der Waals surface area contributed by atoms with Gasteiger partial charge in [-0.1, -0.05) is 50.8 Å². The second-order valence-electron chi connectivity index (χ2n) is 5.59. The van der Waals surface area contributed by atoms with Gasteiger partial charge in [0.2, 0.25) is 0 Å². The highest BCUT2D eigenvalue weighted by molar-refractivity contribution is 14.1. The predicted molar refractivity (Wildman–Crippen MR) is 117 cm³/mol. The summed E-state index contributed by atoms with van der Waals surface area (Å²) in [6.45, 7) is 8.02. The molecular weight excluding hydrogens is 459 g/mol. The Morgan fingerprint density at radius 1 is 1.04 bits per heavy atom. The lowest BCUT2D eigenvalue weighted by Crippen LogP contribution is -2.21. The Kier molecular flexibility index (Phi) is 7.18. The summed E-state index contributed by atoms with van der Waals surface area (Å²) in [7, 11) is 3.14. The lowest BCUT2D eigenvalue weighted by atomic mass is 9.94. The molecule has 0 N–H and O–H groups in total. The van der Waals surface area contributed by atoms with Crippen LogP contribution in [0.25, 0.3) is 11.3 Å². The first kappa shape index (κ1) is 21.2. The summed E-state index contributed by atoms with van der Waals surface area (Å²) >= 11 is 2.18. The molecule has 0 aromatic heterocycles. The minimum atomic E-state index is -0.676. The first-order chi connectivity index (χ1) is 12.9. The lowest BCUT2D eigenvalue weighted by molar-refractivity contribution is 0.406. The molecule has 0 aliphatic carbocycles. The Hall–Kier alpha value is -2.15. The van der Waals surface area contributed by atoms with E-state index in [1.165, 1.54) is 19.2 Å². The maximum Gasteiger partial charge on any atom is 0.139 e. The fraction of sp³-hybridized carbons (Fsp3) is 0.182. The Morgan fingerprint density at radius 2 is 1.59 bits per heavy atom. The highest BCUT2D eigenvalue weighted by Crippen LogP contribution is 2.42. The van der Waals surface area contributed by atoms with Crippen LogP contribution >= 0.6 is 22.6 Å². The van der Waals surface area contributed by atoms with E-state index in [0.717, 1.165) is 14.7 Å². The third kappa shape index (κ3) is 4.24. The van der Waals surface area contributed by atoms with E-state index in [4.69, 9.17) is 4.74 Å². The first-order valence-corrected chi connectivity index (χ1v) is 9.65. The Bertz CT molecular complexity index is 881. The van der Waals surface area contributed by atoms with Crippen LogP contribution in [0.5, 0.6) is 5.75 Å². The van der Waals surface area contributed by atoms with Gasteiger partial charge in [-0.05, 0) is 34.2 Å². The number of nitrogens with zero attached hydrogens (tertiary/aromatic N) is 1. The monoisotopic (exact) mass is 481 g/mol. The Labute approximate surface area is 173 Å². The molecule has 3 rings (SSSR count). The number of likely N-dealkylation sites (N-methyl/N-ethyl adjacent to an activating group) is 1. The average molecular weight is 481 g/mol. The van der Waals surface area contributed by atoms with Crippen molar-refractivity contribution in [2.75, 3.05) is 14.2 Å². The number of ether oxygens (including phenoxy) is 1. The number of benzene rings is 2. The molecule has 0 fully saturated rings. The molecule has 27 heavy (non-hydrogen) atoms. The van der Waals surface area contributed by atoms with E-state index in [2.05, 4.69) is 29.2 Å². The number of halogens is 3. The number of methoxy groups -OCH3 is 1. The van der Waals surface area contributed by atoms with Gasteiger partial charge in [-0.2, -0.15) is 0 Å². The molecule has 0 saturated heterocycles. The van der Waals surface area contributed by atoms with Crippen molar-refractivity contribution in [1.29, 1.82) is 0 Å². The summed E-state index contributed by atoms with van der Waals surface area (Å²) in [5.41, 5.74) is 2.64. The van der Waals surface area contributed by atoms with E-state index in [-0.39, 0.29) is 11.3 Å². The van der Waals surface area contributed by atoms with Crippen molar-refractivity contribution in [3.05, 3.63) is 87.2 Å². The van der Waals surface area contributed by atoms with Gasteiger partial charge < -0.3 is 9.64 Å². The molecule has 2 nitrogen and oxygen atoms in total. The van der Waals surface area contributed by atoms with Crippen LogP contribution in [-0.2, 0) is 0 Å². The van der Waals surface area contributed by atoms with Crippen molar-refractivity contribution in [2.45, 2.75) is 13.8 Å². The Morgan fingerprint density at radius 3 is 2.11 bits per heavy atom. The molecule has 5 heteroatoms. The minimum Gasteiger partial charge on any atom is -0.497 e. The van der Waals surface area contributed by atoms with Crippen LogP contribution in [0.3, 0.4) is 0 Å². The zero-order chi connectivity index (χ0) is 20.1. The highest BCUT2D eigenvalue weighted by Gasteiger charge is 2.27. The fourth-order valence-corrected chi connectivity index (χ4v) is 3.46. The van der Waals surface area contributed by atoms with Crippen molar-refractivity contribution in [1.82, 2.24) is 4.90 Å². The lowest BCUT2D eigenvalue weighted by Gasteiger charge is -2.31. The van der Waals surface area contributed by atoms with Crippen LogP contribution in [0.1, 0.15) is 25.0 Å².